The molecule has 0 aliphatic carbocycles. The predicted molar refractivity (Wildman–Crippen MR) is 90.4 cm³/mol. The van der Waals surface area contributed by atoms with Crippen LogP contribution in [0.4, 0.5) is 0 Å². The Morgan fingerprint density at radius 3 is 2.83 bits per heavy atom. The minimum atomic E-state index is -0.247. The molecule has 1 amide bonds. The molecule has 1 fully saturated rings. The van der Waals surface area contributed by atoms with Gasteiger partial charge in [0.1, 0.15) is 6.04 Å². The molecule has 3 heterocycles. The van der Waals surface area contributed by atoms with Crippen LogP contribution in [0.2, 0.25) is 0 Å². The SMILES string of the molecule is CCCCc1cn(C2CCN(C(=O)[C@H](C)n3cccn3)CC2)nn1. The van der Waals surface area contributed by atoms with Crippen LogP contribution in [-0.2, 0) is 11.2 Å². The highest BCUT2D eigenvalue weighted by molar-refractivity contribution is 5.80. The van der Waals surface area contributed by atoms with Gasteiger partial charge in [-0.1, -0.05) is 18.6 Å². The van der Waals surface area contributed by atoms with Crippen LogP contribution in [0.1, 0.15) is 57.3 Å². The zero-order valence-electron chi connectivity index (χ0n) is 14.5. The average Bonchev–Trinajstić information content (AvgIpc) is 3.30. The van der Waals surface area contributed by atoms with Crippen LogP contribution in [-0.4, -0.2) is 48.7 Å². The Morgan fingerprint density at radius 1 is 1.38 bits per heavy atom. The Bertz CT molecular complexity index is 642. The van der Waals surface area contributed by atoms with Crippen molar-refractivity contribution in [2.75, 3.05) is 13.1 Å². The van der Waals surface area contributed by atoms with Crippen molar-refractivity contribution in [1.82, 2.24) is 29.7 Å². The summed E-state index contributed by atoms with van der Waals surface area (Å²) in [5.41, 5.74) is 1.07. The molecule has 0 unspecified atom stereocenters. The molecule has 0 spiro atoms. The first kappa shape index (κ1) is 16.7. The smallest absolute Gasteiger partial charge is 0.247 e. The summed E-state index contributed by atoms with van der Waals surface area (Å²) in [6.07, 6.45) is 10.8. The highest BCUT2D eigenvalue weighted by Gasteiger charge is 2.28. The first-order valence-corrected chi connectivity index (χ1v) is 8.87. The topological polar surface area (TPSA) is 68.8 Å². The van der Waals surface area contributed by atoms with Crippen molar-refractivity contribution in [2.24, 2.45) is 0 Å². The van der Waals surface area contributed by atoms with Crippen molar-refractivity contribution >= 4 is 5.91 Å². The summed E-state index contributed by atoms with van der Waals surface area (Å²) in [5, 5.41) is 12.7. The van der Waals surface area contributed by atoms with Crippen LogP contribution in [0.15, 0.2) is 24.7 Å². The molecule has 1 saturated heterocycles. The number of aryl methyl sites for hydroxylation is 1. The standard InChI is InChI=1S/C17H26N6O/c1-3-4-6-15-13-23(20-19-15)16-7-11-21(12-8-16)17(24)14(2)22-10-5-9-18-22/h5,9-10,13-14,16H,3-4,6-8,11-12H2,1-2H3/t14-/m0/s1. The van der Waals surface area contributed by atoms with E-state index >= 15 is 0 Å². The summed E-state index contributed by atoms with van der Waals surface area (Å²) in [4.78, 5) is 14.5. The Hall–Kier alpha value is -2.18. The number of piperidine rings is 1. The molecule has 2 aromatic rings. The molecule has 7 nitrogen and oxygen atoms in total. The van der Waals surface area contributed by atoms with Gasteiger partial charge in [-0.3, -0.25) is 9.48 Å². The van der Waals surface area contributed by atoms with Crippen LogP contribution < -0.4 is 0 Å². The number of likely N-dealkylation sites (tertiary alicyclic amines) is 1. The third kappa shape index (κ3) is 3.66. The van der Waals surface area contributed by atoms with E-state index in [1.807, 2.05) is 28.8 Å². The fourth-order valence-electron chi connectivity index (χ4n) is 3.20. The number of aromatic nitrogens is 5. The Morgan fingerprint density at radius 2 is 2.17 bits per heavy atom. The monoisotopic (exact) mass is 330 g/mol. The van der Waals surface area contributed by atoms with Crippen molar-refractivity contribution in [2.45, 2.75) is 58.0 Å². The molecule has 0 bridgehead atoms. The normalized spacial score (nSPS) is 17.2. The van der Waals surface area contributed by atoms with Crippen molar-refractivity contribution in [3.8, 4) is 0 Å². The summed E-state index contributed by atoms with van der Waals surface area (Å²) in [6, 6.07) is 1.94. The maximum atomic E-state index is 12.6. The minimum Gasteiger partial charge on any atom is -0.341 e. The largest absolute Gasteiger partial charge is 0.341 e. The first-order chi connectivity index (χ1) is 11.7. The number of hydrogen-bond donors (Lipinski definition) is 0. The maximum absolute atomic E-state index is 12.6. The summed E-state index contributed by atoms with van der Waals surface area (Å²) in [6.45, 7) is 5.61. The van der Waals surface area contributed by atoms with Crippen LogP contribution in [0.3, 0.4) is 0 Å². The van der Waals surface area contributed by atoms with Gasteiger partial charge in [0, 0.05) is 31.7 Å². The molecule has 0 radical (unpaired) electrons. The Labute approximate surface area is 142 Å². The lowest BCUT2D eigenvalue weighted by Gasteiger charge is -2.33. The molecule has 130 valence electrons. The van der Waals surface area contributed by atoms with Gasteiger partial charge in [0.15, 0.2) is 0 Å². The predicted octanol–water partition coefficient (Wildman–Crippen LogP) is 2.24. The molecular formula is C17H26N6O. The molecule has 2 aromatic heterocycles. The minimum absolute atomic E-state index is 0.138. The summed E-state index contributed by atoms with van der Waals surface area (Å²) in [7, 11) is 0. The van der Waals surface area contributed by atoms with Gasteiger partial charge in [0.05, 0.1) is 11.7 Å². The molecule has 3 rings (SSSR count). The number of hydrogen-bond acceptors (Lipinski definition) is 4. The molecule has 0 saturated carbocycles. The lowest BCUT2D eigenvalue weighted by Crippen LogP contribution is -2.42. The van der Waals surface area contributed by atoms with Gasteiger partial charge in [0.2, 0.25) is 5.91 Å². The molecule has 24 heavy (non-hydrogen) atoms. The van der Waals surface area contributed by atoms with Crippen molar-refractivity contribution in [1.29, 1.82) is 0 Å². The maximum Gasteiger partial charge on any atom is 0.247 e. The second-order valence-corrected chi connectivity index (χ2v) is 6.51. The van der Waals surface area contributed by atoms with Crippen LogP contribution in [0, 0.1) is 0 Å². The first-order valence-electron chi connectivity index (χ1n) is 8.87. The van der Waals surface area contributed by atoms with Gasteiger partial charge < -0.3 is 4.90 Å². The molecule has 1 aliphatic heterocycles. The Kier molecular flexibility index (Phi) is 5.27. The lowest BCUT2D eigenvalue weighted by molar-refractivity contribution is -0.135. The van der Waals surface area contributed by atoms with E-state index in [-0.39, 0.29) is 11.9 Å². The number of nitrogens with zero attached hydrogens (tertiary/aromatic N) is 6. The second kappa shape index (κ2) is 7.59. The number of rotatable bonds is 6. The highest BCUT2D eigenvalue weighted by atomic mass is 16.2. The van der Waals surface area contributed by atoms with E-state index in [0.717, 1.165) is 44.5 Å². The van der Waals surface area contributed by atoms with Crippen molar-refractivity contribution < 1.29 is 4.79 Å². The summed E-state index contributed by atoms with van der Waals surface area (Å²) >= 11 is 0. The molecule has 7 heteroatoms. The lowest BCUT2D eigenvalue weighted by atomic mass is 10.0. The third-order valence-corrected chi connectivity index (χ3v) is 4.77. The number of unbranched alkanes of at least 4 members (excludes halogenated alkanes) is 1. The van der Waals surface area contributed by atoms with Crippen LogP contribution >= 0.6 is 0 Å². The van der Waals surface area contributed by atoms with Crippen LogP contribution in [0.25, 0.3) is 0 Å². The zero-order chi connectivity index (χ0) is 16.9. The van der Waals surface area contributed by atoms with Gasteiger partial charge in [-0.05, 0) is 38.7 Å². The van der Waals surface area contributed by atoms with E-state index in [1.165, 1.54) is 6.42 Å². The molecule has 1 atom stereocenters. The van der Waals surface area contributed by atoms with Crippen molar-refractivity contribution in [3.05, 3.63) is 30.4 Å². The van der Waals surface area contributed by atoms with E-state index in [4.69, 9.17) is 0 Å². The Balaban J connectivity index is 1.53. The van der Waals surface area contributed by atoms with E-state index in [9.17, 15) is 4.79 Å². The number of amides is 1. The van der Waals surface area contributed by atoms with Crippen molar-refractivity contribution in [3.63, 3.8) is 0 Å². The summed E-state index contributed by atoms with van der Waals surface area (Å²) < 4.78 is 3.70. The van der Waals surface area contributed by atoms with Gasteiger partial charge in [0.25, 0.3) is 0 Å². The second-order valence-electron chi connectivity index (χ2n) is 6.51. The quantitative estimate of drug-likeness (QED) is 0.814. The molecule has 0 aromatic carbocycles. The van der Waals surface area contributed by atoms with Gasteiger partial charge in [-0.15, -0.1) is 5.10 Å². The van der Waals surface area contributed by atoms with Gasteiger partial charge in [-0.25, -0.2) is 4.68 Å². The zero-order valence-corrected chi connectivity index (χ0v) is 14.5. The van der Waals surface area contributed by atoms with E-state index < -0.39 is 0 Å². The van der Waals surface area contributed by atoms with E-state index in [1.54, 1.807) is 10.9 Å². The van der Waals surface area contributed by atoms with Crippen LogP contribution in [0.5, 0.6) is 0 Å². The third-order valence-electron chi connectivity index (χ3n) is 4.77. The summed E-state index contributed by atoms with van der Waals surface area (Å²) in [5.74, 6) is 0.138. The number of carbonyl (C=O) groups is 1. The fraction of sp³-hybridized carbons (Fsp3) is 0.647. The average molecular weight is 330 g/mol. The number of carbonyl (C=O) groups excluding carboxylic acids is 1. The highest BCUT2D eigenvalue weighted by Crippen LogP contribution is 2.23. The van der Waals surface area contributed by atoms with E-state index in [2.05, 4.69) is 28.5 Å². The van der Waals surface area contributed by atoms with Gasteiger partial charge in [-0.2, -0.15) is 5.10 Å². The fourth-order valence-corrected chi connectivity index (χ4v) is 3.20. The van der Waals surface area contributed by atoms with E-state index in [0.29, 0.717) is 6.04 Å². The molecule has 0 N–H and O–H groups in total. The molecular weight excluding hydrogens is 304 g/mol. The van der Waals surface area contributed by atoms with Gasteiger partial charge >= 0.3 is 0 Å². The molecule has 1 aliphatic rings.